The van der Waals surface area contributed by atoms with Gasteiger partial charge in [-0.25, -0.2) is 4.79 Å². The van der Waals surface area contributed by atoms with Crippen molar-refractivity contribution in [2.45, 2.75) is 12.9 Å². The highest BCUT2D eigenvalue weighted by molar-refractivity contribution is 9.10. The normalized spacial score (nSPS) is 11.4. The standard InChI is InChI=1S/C25H17BrF3NO4/c1-33-24(32)22-21(16-5-3-2-4-6-16)20-13-17(26)9-12-19(20)23(31)30(22)14-15-7-10-18(11-8-15)34-25(27,28)29/h2-13H,14H2,1H3. The summed E-state index contributed by atoms with van der Waals surface area (Å²) in [6.07, 6.45) is -4.81. The summed E-state index contributed by atoms with van der Waals surface area (Å²) in [5.41, 5.74) is 1.32. The molecule has 0 spiro atoms. The quantitative estimate of drug-likeness (QED) is 0.289. The third-order valence-electron chi connectivity index (χ3n) is 5.17. The molecule has 4 aromatic rings. The molecule has 174 valence electrons. The summed E-state index contributed by atoms with van der Waals surface area (Å²) in [4.78, 5) is 26.5. The van der Waals surface area contributed by atoms with Crippen LogP contribution < -0.4 is 10.3 Å². The maximum absolute atomic E-state index is 13.5. The van der Waals surface area contributed by atoms with Gasteiger partial charge in [-0.15, -0.1) is 13.2 Å². The van der Waals surface area contributed by atoms with Crippen molar-refractivity contribution in [1.82, 2.24) is 4.57 Å². The van der Waals surface area contributed by atoms with E-state index >= 15 is 0 Å². The Morgan fingerprint density at radius 3 is 2.26 bits per heavy atom. The summed E-state index contributed by atoms with van der Waals surface area (Å²) in [5, 5.41) is 0.947. The van der Waals surface area contributed by atoms with Crippen LogP contribution in [0.15, 0.2) is 82.1 Å². The molecule has 4 rings (SSSR count). The SMILES string of the molecule is COC(=O)c1c(-c2ccccc2)c2cc(Br)ccc2c(=O)n1Cc1ccc(OC(F)(F)F)cc1. The lowest BCUT2D eigenvalue weighted by Gasteiger charge is -2.19. The van der Waals surface area contributed by atoms with Crippen molar-refractivity contribution in [3.63, 3.8) is 0 Å². The van der Waals surface area contributed by atoms with Gasteiger partial charge in [0.2, 0.25) is 0 Å². The van der Waals surface area contributed by atoms with Gasteiger partial charge in [0.05, 0.1) is 13.7 Å². The number of aromatic nitrogens is 1. The molecule has 3 aromatic carbocycles. The molecule has 1 aromatic heterocycles. The van der Waals surface area contributed by atoms with Gasteiger partial charge in [-0.05, 0) is 46.8 Å². The topological polar surface area (TPSA) is 57.5 Å². The van der Waals surface area contributed by atoms with Crippen molar-refractivity contribution >= 4 is 32.7 Å². The summed E-state index contributed by atoms with van der Waals surface area (Å²) >= 11 is 3.43. The first kappa shape index (κ1) is 23.6. The zero-order valence-corrected chi connectivity index (χ0v) is 19.3. The maximum Gasteiger partial charge on any atom is 0.573 e. The number of halogens is 4. The first-order valence-electron chi connectivity index (χ1n) is 10.0. The second-order valence-electron chi connectivity index (χ2n) is 7.35. The Morgan fingerprint density at radius 2 is 1.65 bits per heavy atom. The summed E-state index contributed by atoms with van der Waals surface area (Å²) in [6.45, 7) is -0.0681. The highest BCUT2D eigenvalue weighted by Crippen LogP contribution is 2.33. The molecule has 34 heavy (non-hydrogen) atoms. The summed E-state index contributed by atoms with van der Waals surface area (Å²) in [5.74, 6) is -1.10. The van der Waals surface area contributed by atoms with Gasteiger partial charge in [0.15, 0.2) is 0 Å². The fraction of sp³-hybridized carbons (Fsp3) is 0.120. The van der Waals surface area contributed by atoms with Crippen LogP contribution in [-0.2, 0) is 11.3 Å². The summed E-state index contributed by atoms with van der Waals surface area (Å²) in [7, 11) is 1.22. The molecule has 1 heterocycles. The van der Waals surface area contributed by atoms with Crippen molar-refractivity contribution in [2.75, 3.05) is 7.11 Å². The Morgan fingerprint density at radius 1 is 0.971 bits per heavy atom. The van der Waals surface area contributed by atoms with E-state index in [1.54, 1.807) is 18.2 Å². The number of nitrogens with zero attached hydrogens (tertiary/aromatic N) is 1. The van der Waals surface area contributed by atoms with Crippen molar-refractivity contribution in [3.05, 3.63) is 98.9 Å². The molecule has 0 saturated carbocycles. The Kier molecular flexibility index (Phi) is 6.47. The Labute approximate surface area is 200 Å². The molecule has 0 bridgehead atoms. The highest BCUT2D eigenvalue weighted by atomic mass is 79.9. The van der Waals surface area contributed by atoms with Crippen LogP contribution in [0.4, 0.5) is 13.2 Å². The highest BCUT2D eigenvalue weighted by Gasteiger charge is 2.31. The molecule has 0 atom stereocenters. The third-order valence-corrected chi connectivity index (χ3v) is 5.67. The molecule has 0 N–H and O–H groups in total. The van der Waals surface area contributed by atoms with E-state index < -0.39 is 17.9 Å². The number of carbonyl (C=O) groups is 1. The van der Waals surface area contributed by atoms with Gasteiger partial charge < -0.3 is 9.47 Å². The number of carbonyl (C=O) groups excluding carboxylic acids is 1. The molecule has 5 nitrogen and oxygen atoms in total. The summed E-state index contributed by atoms with van der Waals surface area (Å²) in [6, 6.07) is 19.4. The van der Waals surface area contributed by atoms with Crippen LogP contribution in [0.2, 0.25) is 0 Å². The van der Waals surface area contributed by atoms with Gasteiger partial charge in [-0.3, -0.25) is 9.36 Å². The van der Waals surface area contributed by atoms with Crippen LogP contribution in [0.3, 0.4) is 0 Å². The van der Waals surface area contributed by atoms with E-state index in [-0.39, 0.29) is 18.0 Å². The van der Waals surface area contributed by atoms with E-state index in [0.29, 0.717) is 27.5 Å². The lowest BCUT2D eigenvalue weighted by molar-refractivity contribution is -0.274. The number of fused-ring (bicyclic) bond motifs is 1. The second-order valence-corrected chi connectivity index (χ2v) is 8.27. The maximum atomic E-state index is 13.5. The number of pyridine rings is 1. The molecular formula is C25H17BrF3NO4. The van der Waals surface area contributed by atoms with Crippen molar-refractivity contribution < 1.29 is 27.4 Å². The lowest BCUT2D eigenvalue weighted by atomic mass is 9.96. The lowest BCUT2D eigenvalue weighted by Crippen LogP contribution is -2.28. The van der Waals surface area contributed by atoms with E-state index in [1.807, 2.05) is 30.3 Å². The molecule has 0 unspecified atom stereocenters. The van der Waals surface area contributed by atoms with E-state index in [1.165, 1.54) is 23.8 Å². The van der Waals surface area contributed by atoms with E-state index in [4.69, 9.17) is 4.74 Å². The number of hydrogen-bond donors (Lipinski definition) is 0. The number of ether oxygens (including phenoxy) is 2. The zero-order chi connectivity index (χ0) is 24.5. The fourth-order valence-electron chi connectivity index (χ4n) is 3.76. The first-order valence-corrected chi connectivity index (χ1v) is 10.8. The molecule has 0 aliphatic rings. The predicted molar refractivity (Wildman–Crippen MR) is 125 cm³/mol. The zero-order valence-electron chi connectivity index (χ0n) is 17.7. The van der Waals surface area contributed by atoms with E-state index in [9.17, 15) is 22.8 Å². The van der Waals surface area contributed by atoms with Gasteiger partial charge in [0, 0.05) is 15.4 Å². The average Bonchev–Trinajstić information content (AvgIpc) is 2.80. The van der Waals surface area contributed by atoms with Gasteiger partial charge in [-0.1, -0.05) is 58.4 Å². The Hall–Kier alpha value is -3.59. The fourth-order valence-corrected chi connectivity index (χ4v) is 4.12. The van der Waals surface area contributed by atoms with Gasteiger partial charge in [-0.2, -0.15) is 0 Å². The molecule has 0 aliphatic heterocycles. The minimum Gasteiger partial charge on any atom is -0.464 e. The minimum atomic E-state index is -4.81. The van der Waals surface area contributed by atoms with Crippen LogP contribution in [0.25, 0.3) is 21.9 Å². The third kappa shape index (κ3) is 4.84. The molecule has 0 aliphatic carbocycles. The molecular weight excluding hydrogens is 515 g/mol. The van der Waals surface area contributed by atoms with E-state index in [2.05, 4.69) is 20.7 Å². The molecule has 0 amide bonds. The monoisotopic (exact) mass is 531 g/mol. The molecule has 0 saturated heterocycles. The number of alkyl halides is 3. The van der Waals surface area contributed by atoms with Crippen LogP contribution in [0.5, 0.6) is 5.75 Å². The van der Waals surface area contributed by atoms with Crippen molar-refractivity contribution in [3.8, 4) is 16.9 Å². The number of rotatable bonds is 5. The van der Waals surface area contributed by atoms with Crippen molar-refractivity contribution in [2.24, 2.45) is 0 Å². The predicted octanol–water partition coefficient (Wildman–Crippen LogP) is 6.16. The number of methoxy groups -OCH3 is 1. The number of benzene rings is 3. The average molecular weight is 532 g/mol. The van der Waals surface area contributed by atoms with Gasteiger partial charge in [0.1, 0.15) is 11.4 Å². The number of esters is 1. The molecule has 0 radical (unpaired) electrons. The van der Waals surface area contributed by atoms with Gasteiger partial charge in [0.25, 0.3) is 5.56 Å². The van der Waals surface area contributed by atoms with Crippen LogP contribution in [0, 0.1) is 0 Å². The van der Waals surface area contributed by atoms with E-state index in [0.717, 1.165) is 16.6 Å². The Balaban J connectivity index is 1.95. The molecule has 0 fully saturated rings. The summed E-state index contributed by atoms with van der Waals surface area (Å²) < 4.78 is 48.4. The smallest absolute Gasteiger partial charge is 0.464 e. The minimum absolute atomic E-state index is 0.0416. The second kappa shape index (κ2) is 9.34. The molecule has 9 heteroatoms. The van der Waals surface area contributed by atoms with Crippen LogP contribution in [-0.4, -0.2) is 24.0 Å². The van der Waals surface area contributed by atoms with Crippen LogP contribution in [0.1, 0.15) is 16.1 Å². The van der Waals surface area contributed by atoms with Gasteiger partial charge >= 0.3 is 12.3 Å². The first-order chi connectivity index (χ1) is 16.2. The largest absolute Gasteiger partial charge is 0.573 e. The van der Waals surface area contributed by atoms with Crippen LogP contribution >= 0.6 is 15.9 Å². The number of hydrogen-bond acceptors (Lipinski definition) is 4. The van der Waals surface area contributed by atoms with Crippen molar-refractivity contribution in [1.29, 1.82) is 0 Å². The Bertz CT molecular complexity index is 1420.